The Morgan fingerprint density at radius 2 is 1.71 bits per heavy atom. The molecule has 0 amide bonds. The van der Waals surface area contributed by atoms with Crippen LogP contribution in [0.15, 0.2) is 101 Å². The first kappa shape index (κ1) is 23.9. The zero-order valence-electron chi connectivity index (χ0n) is 20.5. The molecule has 3 aromatic carbocycles. The Hall–Kier alpha value is -4.43. The summed E-state index contributed by atoms with van der Waals surface area (Å²) in [4.78, 5) is 25.1. The lowest BCUT2D eigenvalue weighted by atomic mass is 10.0. The van der Waals surface area contributed by atoms with E-state index in [1.54, 1.807) is 6.07 Å². The normalized spacial score (nSPS) is 14.4. The number of hydrogen-bond acceptors (Lipinski definition) is 5. The standard InChI is InChI=1S/C30H24N2O5S/c1-31-16-24(23-12-5-6-13-25(23)31)28-19(14-27(33)32-26(30(34)35)18-38-29(28)32)17-36-21-10-7-11-22(15-21)37-20-8-3-2-4-9-20/h2-16,26H,17-18H2,1H3,(H,34,35)/t26-/m0/s1. The second kappa shape index (κ2) is 9.79. The Balaban J connectivity index is 1.41. The molecule has 5 aromatic rings. The lowest BCUT2D eigenvalue weighted by molar-refractivity contribution is -0.140. The van der Waals surface area contributed by atoms with Gasteiger partial charge in [-0.05, 0) is 30.3 Å². The summed E-state index contributed by atoms with van der Waals surface area (Å²) in [5.41, 5.74) is 3.16. The van der Waals surface area contributed by atoms with Gasteiger partial charge in [-0.2, -0.15) is 0 Å². The van der Waals surface area contributed by atoms with Crippen LogP contribution in [0.25, 0.3) is 22.0 Å². The molecule has 0 fully saturated rings. The fraction of sp³-hybridized carbons (Fsp3) is 0.133. The van der Waals surface area contributed by atoms with Crippen molar-refractivity contribution in [3.63, 3.8) is 0 Å². The van der Waals surface area contributed by atoms with Crippen molar-refractivity contribution in [3.05, 3.63) is 107 Å². The average molecular weight is 525 g/mol. The number of nitrogens with zero attached hydrogens (tertiary/aromatic N) is 2. The number of ether oxygens (including phenoxy) is 2. The molecule has 1 N–H and O–H groups in total. The summed E-state index contributed by atoms with van der Waals surface area (Å²) < 4.78 is 15.6. The minimum absolute atomic E-state index is 0.134. The largest absolute Gasteiger partial charge is 0.489 e. The molecule has 8 heteroatoms. The fourth-order valence-electron chi connectivity index (χ4n) is 4.86. The van der Waals surface area contributed by atoms with Crippen molar-refractivity contribution in [1.82, 2.24) is 9.13 Å². The van der Waals surface area contributed by atoms with Gasteiger partial charge < -0.3 is 19.1 Å². The molecule has 1 atom stereocenters. The molecule has 2 aromatic heterocycles. The van der Waals surface area contributed by atoms with Gasteiger partial charge in [0.25, 0.3) is 5.56 Å². The van der Waals surface area contributed by atoms with Crippen molar-refractivity contribution in [2.75, 3.05) is 5.75 Å². The Labute approximate surface area is 222 Å². The van der Waals surface area contributed by atoms with Crippen LogP contribution in [0, 0.1) is 0 Å². The Kier molecular flexibility index (Phi) is 6.17. The van der Waals surface area contributed by atoms with Gasteiger partial charge in [-0.15, -0.1) is 11.8 Å². The maximum absolute atomic E-state index is 13.2. The molecule has 0 spiro atoms. The molecule has 0 saturated carbocycles. The molecule has 3 heterocycles. The number of aromatic nitrogens is 2. The third-order valence-electron chi connectivity index (χ3n) is 6.61. The van der Waals surface area contributed by atoms with Gasteiger partial charge in [-0.1, -0.05) is 42.5 Å². The topological polar surface area (TPSA) is 82.7 Å². The van der Waals surface area contributed by atoms with E-state index in [1.165, 1.54) is 22.4 Å². The van der Waals surface area contributed by atoms with Crippen molar-refractivity contribution in [3.8, 4) is 28.4 Å². The summed E-state index contributed by atoms with van der Waals surface area (Å²) in [5, 5.41) is 11.4. The van der Waals surface area contributed by atoms with E-state index in [4.69, 9.17) is 9.47 Å². The van der Waals surface area contributed by atoms with Crippen LogP contribution in [-0.2, 0) is 18.4 Å². The fourth-order valence-corrected chi connectivity index (χ4v) is 6.20. The van der Waals surface area contributed by atoms with Gasteiger partial charge in [-0.25, -0.2) is 4.79 Å². The van der Waals surface area contributed by atoms with Crippen LogP contribution in [0.3, 0.4) is 0 Å². The maximum atomic E-state index is 13.2. The van der Waals surface area contributed by atoms with E-state index in [0.717, 1.165) is 27.8 Å². The predicted octanol–water partition coefficient (Wildman–Crippen LogP) is 6.11. The van der Waals surface area contributed by atoms with E-state index in [0.29, 0.717) is 27.8 Å². The molecule has 1 aliphatic heterocycles. The molecule has 1 aliphatic rings. The predicted molar refractivity (Wildman–Crippen MR) is 147 cm³/mol. The molecule has 38 heavy (non-hydrogen) atoms. The van der Waals surface area contributed by atoms with Gasteiger partial charge in [-0.3, -0.25) is 9.36 Å². The van der Waals surface area contributed by atoms with Gasteiger partial charge in [0.15, 0.2) is 0 Å². The summed E-state index contributed by atoms with van der Waals surface area (Å²) >= 11 is 1.39. The first-order valence-electron chi connectivity index (χ1n) is 12.1. The first-order chi connectivity index (χ1) is 18.5. The van der Waals surface area contributed by atoms with E-state index in [2.05, 4.69) is 0 Å². The molecular formula is C30H24N2O5S. The number of carboxylic acid groups (broad SMARTS) is 1. The van der Waals surface area contributed by atoms with Gasteiger partial charge in [0.2, 0.25) is 0 Å². The molecule has 0 unspecified atom stereocenters. The van der Waals surface area contributed by atoms with Crippen molar-refractivity contribution in [1.29, 1.82) is 0 Å². The minimum atomic E-state index is -1.01. The highest BCUT2D eigenvalue weighted by atomic mass is 32.2. The lowest BCUT2D eigenvalue weighted by Gasteiger charge is -2.17. The highest BCUT2D eigenvalue weighted by Crippen LogP contribution is 2.43. The van der Waals surface area contributed by atoms with Gasteiger partial charge in [0, 0.05) is 58.7 Å². The highest BCUT2D eigenvalue weighted by molar-refractivity contribution is 7.99. The van der Waals surface area contributed by atoms with Crippen molar-refractivity contribution in [2.24, 2.45) is 7.05 Å². The Morgan fingerprint density at radius 1 is 0.974 bits per heavy atom. The molecular weight excluding hydrogens is 500 g/mol. The summed E-state index contributed by atoms with van der Waals surface area (Å²) in [6.07, 6.45) is 2.03. The minimum Gasteiger partial charge on any atom is -0.489 e. The number of thioether (sulfide) groups is 1. The van der Waals surface area contributed by atoms with E-state index in [9.17, 15) is 14.7 Å². The summed E-state index contributed by atoms with van der Waals surface area (Å²) in [6, 6.07) is 25.5. The molecule has 6 rings (SSSR count). The molecule has 190 valence electrons. The van der Waals surface area contributed by atoms with Crippen molar-refractivity contribution < 1.29 is 19.4 Å². The number of hydrogen-bond donors (Lipinski definition) is 1. The monoisotopic (exact) mass is 524 g/mol. The van der Waals surface area contributed by atoms with Crippen LogP contribution >= 0.6 is 11.8 Å². The third-order valence-corrected chi connectivity index (χ3v) is 7.77. The number of aryl methyl sites for hydroxylation is 1. The number of pyridine rings is 1. The van der Waals surface area contributed by atoms with Crippen LogP contribution in [0.1, 0.15) is 11.6 Å². The van der Waals surface area contributed by atoms with Crippen molar-refractivity contribution in [2.45, 2.75) is 17.7 Å². The highest BCUT2D eigenvalue weighted by Gasteiger charge is 2.34. The second-order valence-corrected chi connectivity index (χ2v) is 10.1. The number of carbonyl (C=O) groups is 1. The number of benzene rings is 3. The third kappa shape index (κ3) is 4.33. The van der Waals surface area contributed by atoms with Crippen LogP contribution in [0.2, 0.25) is 0 Å². The Morgan fingerprint density at radius 3 is 2.53 bits per heavy atom. The van der Waals surface area contributed by atoms with E-state index >= 15 is 0 Å². The number of fused-ring (bicyclic) bond motifs is 2. The van der Waals surface area contributed by atoms with E-state index in [1.807, 2.05) is 90.6 Å². The van der Waals surface area contributed by atoms with Crippen molar-refractivity contribution >= 4 is 28.6 Å². The molecule has 0 aliphatic carbocycles. The van der Waals surface area contributed by atoms with E-state index in [-0.39, 0.29) is 12.2 Å². The van der Waals surface area contributed by atoms with Crippen LogP contribution in [0.5, 0.6) is 17.2 Å². The quantitative estimate of drug-likeness (QED) is 0.277. The number of rotatable bonds is 7. The maximum Gasteiger partial charge on any atom is 0.327 e. The lowest BCUT2D eigenvalue weighted by Crippen LogP contribution is -2.29. The molecule has 0 saturated heterocycles. The number of carboxylic acids is 1. The van der Waals surface area contributed by atoms with Gasteiger partial charge in [0.05, 0.1) is 5.03 Å². The molecule has 0 radical (unpaired) electrons. The zero-order valence-corrected chi connectivity index (χ0v) is 21.4. The number of aliphatic carboxylic acids is 1. The summed E-state index contributed by atoms with van der Waals surface area (Å²) in [7, 11) is 1.97. The molecule has 0 bridgehead atoms. The van der Waals surface area contributed by atoms with Crippen LogP contribution in [-0.4, -0.2) is 26.0 Å². The van der Waals surface area contributed by atoms with E-state index < -0.39 is 12.0 Å². The van der Waals surface area contributed by atoms with Crippen LogP contribution < -0.4 is 15.0 Å². The average Bonchev–Trinajstić information content (AvgIpc) is 3.51. The van der Waals surface area contributed by atoms with Crippen LogP contribution in [0.4, 0.5) is 0 Å². The Bertz CT molecular complexity index is 1720. The smallest absolute Gasteiger partial charge is 0.327 e. The number of para-hydroxylation sites is 2. The summed E-state index contributed by atoms with van der Waals surface area (Å²) in [5.74, 6) is 1.24. The first-order valence-corrected chi connectivity index (χ1v) is 13.1. The second-order valence-electron chi connectivity index (χ2n) is 9.07. The molecule has 7 nitrogen and oxygen atoms in total. The SMILES string of the molecule is Cn1cc(-c2c(COc3cccc(Oc4ccccc4)c3)cc(=O)n3c2SC[C@H]3C(=O)O)c2ccccc21. The zero-order chi connectivity index (χ0) is 26.2. The van der Waals surface area contributed by atoms with Gasteiger partial charge >= 0.3 is 5.97 Å². The van der Waals surface area contributed by atoms with Gasteiger partial charge in [0.1, 0.15) is 29.9 Å². The summed E-state index contributed by atoms with van der Waals surface area (Å²) in [6.45, 7) is 0.134.